The minimum atomic E-state index is -0.0721. The lowest BCUT2D eigenvalue weighted by molar-refractivity contribution is -0.117. The summed E-state index contributed by atoms with van der Waals surface area (Å²) in [6.45, 7) is 3.23. The molecule has 0 heterocycles. The maximum atomic E-state index is 12.0. The van der Waals surface area contributed by atoms with Crippen LogP contribution in [0.1, 0.15) is 5.56 Å². The molecule has 1 N–H and O–H groups in total. The molecule has 0 aliphatic rings. The highest BCUT2D eigenvalue weighted by atomic mass is 35.5. The van der Waals surface area contributed by atoms with E-state index in [1.165, 1.54) is 0 Å². The van der Waals surface area contributed by atoms with Gasteiger partial charge in [-0.3, -0.25) is 9.69 Å². The zero-order valence-electron chi connectivity index (χ0n) is 13.7. The fourth-order valence-corrected chi connectivity index (χ4v) is 2.59. The Kier molecular flexibility index (Phi) is 6.91. The van der Waals surface area contributed by atoms with E-state index >= 15 is 0 Å². The highest BCUT2D eigenvalue weighted by molar-refractivity contribution is 6.37. The van der Waals surface area contributed by atoms with Gasteiger partial charge in [-0.2, -0.15) is 0 Å². The number of nitrogens with one attached hydrogen (secondary N) is 1. The monoisotopic (exact) mass is 366 g/mol. The van der Waals surface area contributed by atoms with E-state index in [1.807, 2.05) is 43.1 Å². The summed E-state index contributed by atoms with van der Waals surface area (Å²) in [5.41, 5.74) is 1.94. The van der Waals surface area contributed by atoms with Gasteiger partial charge in [-0.25, -0.2) is 0 Å². The molecule has 0 aliphatic heterocycles. The number of likely N-dealkylation sites (N-methyl/N-ethyl adjacent to an activating group) is 1. The first-order chi connectivity index (χ1) is 11.5. The van der Waals surface area contributed by atoms with Gasteiger partial charge in [-0.15, -0.1) is 0 Å². The number of aryl methyl sites for hydroxylation is 1. The van der Waals surface area contributed by atoms with Crippen molar-refractivity contribution in [3.8, 4) is 5.75 Å². The van der Waals surface area contributed by atoms with Gasteiger partial charge in [0.2, 0.25) is 5.91 Å². The highest BCUT2D eigenvalue weighted by Gasteiger charge is 2.09. The Morgan fingerprint density at radius 1 is 1.12 bits per heavy atom. The largest absolute Gasteiger partial charge is 0.489 e. The van der Waals surface area contributed by atoms with Gasteiger partial charge in [0.25, 0.3) is 0 Å². The summed E-state index contributed by atoms with van der Waals surface area (Å²) in [4.78, 5) is 13.9. The average Bonchev–Trinajstić information content (AvgIpc) is 2.52. The van der Waals surface area contributed by atoms with Gasteiger partial charge in [0, 0.05) is 12.2 Å². The first-order valence-electron chi connectivity index (χ1n) is 7.57. The van der Waals surface area contributed by atoms with Crippen molar-refractivity contribution in [2.75, 3.05) is 32.1 Å². The van der Waals surface area contributed by atoms with E-state index in [1.54, 1.807) is 18.2 Å². The molecular formula is C18H20Cl2N2O2. The maximum absolute atomic E-state index is 12.0. The molecule has 4 nitrogen and oxygen atoms in total. The molecule has 0 unspecified atom stereocenters. The van der Waals surface area contributed by atoms with Crippen molar-refractivity contribution in [2.45, 2.75) is 6.92 Å². The molecule has 0 fully saturated rings. The van der Waals surface area contributed by atoms with Crippen molar-refractivity contribution in [3.05, 3.63) is 58.1 Å². The summed E-state index contributed by atoms with van der Waals surface area (Å²) in [5.74, 6) is 0.399. The van der Waals surface area contributed by atoms with Crippen LogP contribution in [0.5, 0.6) is 5.75 Å². The van der Waals surface area contributed by atoms with Crippen molar-refractivity contribution >= 4 is 34.8 Å². The van der Waals surface area contributed by atoms with E-state index in [4.69, 9.17) is 27.9 Å². The van der Waals surface area contributed by atoms with Gasteiger partial charge < -0.3 is 10.1 Å². The molecule has 0 bridgehead atoms. The number of anilines is 1. The molecule has 0 aliphatic carbocycles. The number of rotatable bonds is 7. The normalized spacial score (nSPS) is 10.7. The highest BCUT2D eigenvalue weighted by Crippen LogP contribution is 2.32. The predicted octanol–water partition coefficient (Wildman–Crippen LogP) is 4.25. The minimum absolute atomic E-state index is 0.0721. The zero-order chi connectivity index (χ0) is 17.5. The van der Waals surface area contributed by atoms with Gasteiger partial charge >= 0.3 is 0 Å². The number of nitrogens with zero attached hydrogens (tertiary/aromatic N) is 1. The Morgan fingerprint density at radius 3 is 2.38 bits per heavy atom. The second-order valence-electron chi connectivity index (χ2n) is 5.55. The lowest BCUT2D eigenvalue weighted by Gasteiger charge is -2.17. The summed E-state index contributed by atoms with van der Waals surface area (Å²) >= 11 is 12.1. The summed E-state index contributed by atoms with van der Waals surface area (Å²) in [7, 11) is 1.85. The Labute approximate surface area is 152 Å². The number of carbonyl (C=O) groups is 1. The Balaban J connectivity index is 1.75. The summed E-state index contributed by atoms with van der Waals surface area (Å²) < 4.78 is 5.61. The van der Waals surface area contributed by atoms with Crippen LogP contribution in [0.4, 0.5) is 5.69 Å². The summed E-state index contributed by atoms with van der Waals surface area (Å²) in [6.07, 6.45) is 0. The Bertz CT molecular complexity index is 670. The molecule has 6 heteroatoms. The van der Waals surface area contributed by atoms with Gasteiger partial charge in [0.15, 0.2) is 5.75 Å². The summed E-state index contributed by atoms with van der Waals surface area (Å²) in [5, 5.41) is 3.81. The van der Waals surface area contributed by atoms with Gasteiger partial charge in [-0.05, 0) is 38.2 Å². The fourth-order valence-electron chi connectivity index (χ4n) is 2.09. The fraction of sp³-hybridized carbons (Fsp3) is 0.278. The van der Waals surface area contributed by atoms with Crippen LogP contribution in [0.3, 0.4) is 0 Å². The van der Waals surface area contributed by atoms with Crippen LogP contribution in [-0.4, -0.2) is 37.6 Å². The molecular weight excluding hydrogens is 347 g/mol. The first-order valence-corrected chi connectivity index (χ1v) is 8.33. The van der Waals surface area contributed by atoms with E-state index in [0.717, 1.165) is 11.3 Å². The number of para-hydroxylation sites is 1. The maximum Gasteiger partial charge on any atom is 0.238 e. The first kappa shape index (κ1) is 18.6. The number of hydrogen-bond donors (Lipinski definition) is 1. The smallest absolute Gasteiger partial charge is 0.238 e. The zero-order valence-corrected chi connectivity index (χ0v) is 15.2. The molecule has 0 spiro atoms. The number of amides is 1. The molecule has 128 valence electrons. The van der Waals surface area contributed by atoms with E-state index in [9.17, 15) is 4.79 Å². The van der Waals surface area contributed by atoms with Gasteiger partial charge in [0.1, 0.15) is 6.61 Å². The van der Waals surface area contributed by atoms with E-state index in [-0.39, 0.29) is 12.5 Å². The van der Waals surface area contributed by atoms with E-state index < -0.39 is 0 Å². The topological polar surface area (TPSA) is 41.6 Å². The second-order valence-corrected chi connectivity index (χ2v) is 6.37. The molecule has 2 rings (SSSR count). The third-order valence-electron chi connectivity index (χ3n) is 3.39. The van der Waals surface area contributed by atoms with Crippen molar-refractivity contribution < 1.29 is 9.53 Å². The van der Waals surface area contributed by atoms with Crippen LogP contribution in [0.2, 0.25) is 10.0 Å². The van der Waals surface area contributed by atoms with Crippen LogP contribution >= 0.6 is 23.2 Å². The molecule has 0 saturated heterocycles. The molecule has 0 aromatic heterocycles. The van der Waals surface area contributed by atoms with Crippen molar-refractivity contribution in [1.29, 1.82) is 0 Å². The SMILES string of the molecule is Cc1ccc(NC(=O)CN(C)CCOc2c(Cl)cccc2Cl)cc1. The minimum Gasteiger partial charge on any atom is -0.489 e. The lowest BCUT2D eigenvalue weighted by atomic mass is 10.2. The molecule has 24 heavy (non-hydrogen) atoms. The predicted molar refractivity (Wildman–Crippen MR) is 99.3 cm³/mol. The molecule has 0 atom stereocenters. The van der Waals surface area contributed by atoms with Crippen LogP contribution in [-0.2, 0) is 4.79 Å². The van der Waals surface area contributed by atoms with Crippen LogP contribution in [0, 0.1) is 6.92 Å². The lowest BCUT2D eigenvalue weighted by Crippen LogP contribution is -2.33. The van der Waals surface area contributed by atoms with Crippen molar-refractivity contribution in [2.24, 2.45) is 0 Å². The quantitative estimate of drug-likeness (QED) is 0.796. The third-order valence-corrected chi connectivity index (χ3v) is 3.98. The van der Waals surface area contributed by atoms with Crippen molar-refractivity contribution in [1.82, 2.24) is 4.90 Å². The van der Waals surface area contributed by atoms with Crippen molar-refractivity contribution in [3.63, 3.8) is 0 Å². The number of hydrogen-bond acceptors (Lipinski definition) is 3. The van der Waals surface area contributed by atoms with Crippen LogP contribution in [0.15, 0.2) is 42.5 Å². The molecule has 2 aromatic rings. The van der Waals surface area contributed by atoms with Crippen LogP contribution in [0.25, 0.3) is 0 Å². The second kappa shape index (κ2) is 8.92. The Morgan fingerprint density at radius 2 is 1.75 bits per heavy atom. The number of ether oxygens (including phenoxy) is 1. The number of carbonyl (C=O) groups excluding carboxylic acids is 1. The van der Waals surface area contributed by atoms with E-state index in [0.29, 0.717) is 28.9 Å². The molecule has 2 aromatic carbocycles. The number of benzene rings is 2. The number of halogens is 2. The van der Waals surface area contributed by atoms with E-state index in [2.05, 4.69) is 5.32 Å². The third kappa shape index (κ3) is 5.71. The summed E-state index contributed by atoms with van der Waals surface area (Å²) in [6, 6.07) is 12.9. The standard InChI is InChI=1S/C18H20Cl2N2O2/c1-13-6-8-14(9-7-13)21-17(23)12-22(2)10-11-24-18-15(19)4-3-5-16(18)20/h3-9H,10-12H2,1-2H3,(H,21,23). The Hall–Kier alpha value is -1.75. The van der Waals surface area contributed by atoms with Gasteiger partial charge in [0.05, 0.1) is 16.6 Å². The molecule has 1 amide bonds. The van der Waals surface area contributed by atoms with Gasteiger partial charge in [-0.1, -0.05) is 47.0 Å². The average molecular weight is 367 g/mol. The molecule has 0 radical (unpaired) electrons. The molecule has 0 saturated carbocycles. The van der Waals surface area contributed by atoms with Crippen LogP contribution < -0.4 is 10.1 Å².